The van der Waals surface area contributed by atoms with Crippen LogP contribution in [0.2, 0.25) is 0 Å². The van der Waals surface area contributed by atoms with E-state index in [4.69, 9.17) is 16.2 Å². The number of hydrogen-bond acceptors (Lipinski definition) is 4. The summed E-state index contributed by atoms with van der Waals surface area (Å²) in [6.45, 7) is 3.60. The number of amides is 2. The van der Waals surface area contributed by atoms with Crippen molar-refractivity contribution in [1.29, 1.82) is 0 Å². The highest BCUT2D eigenvalue weighted by molar-refractivity contribution is 6.00. The summed E-state index contributed by atoms with van der Waals surface area (Å²) < 4.78 is 5.09. The fourth-order valence-electron chi connectivity index (χ4n) is 1.69. The van der Waals surface area contributed by atoms with E-state index < -0.39 is 17.9 Å². The largest absolute Gasteiger partial charge is 0.496 e. The highest BCUT2D eigenvalue weighted by Gasteiger charge is 2.23. The lowest BCUT2D eigenvalue weighted by atomic mass is 10.0. The van der Waals surface area contributed by atoms with E-state index in [-0.39, 0.29) is 11.5 Å². The van der Waals surface area contributed by atoms with Crippen LogP contribution in [-0.4, -0.2) is 25.0 Å². The van der Waals surface area contributed by atoms with Crippen molar-refractivity contribution in [1.82, 2.24) is 5.32 Å². The lowest BCUT2D eigenvalue weighted by Gasteiger charge is -2.19. The molecule has 6 nitrogen and oxygen atoms in total. The lowest BCUT2D eigenvalue weighted by Crippen LogP contribution is -2.47. The number of methoxy groups -OCH3 is 1. The Morgan fingerprint density at radius 2 is 1.95 bits per heavy atom. The van der Waals surface area contributed by atoms with Crippen molar-refractivity contribution >= 4 is 17.5 Å². The Hall–Kier alpha value is -2.24. The predicted octanol–water partition coefficient (Wildman–Crippen LogP) is 0.517. The lowest BCUT2D eigenvalue weighted by molar-refractivity contribution is -0.120. The van der Waals surface area contributed by atoms with Crippen LogP contribution in [0, 0.1) is 5.92 Å². The van der Waals surface area contributed by atoms with Gasteiger partial charge in [0.1, 0.15) is 11.8 Å². The van der Waals surface area contributed by atoms with E-state index in [0.29, 0.717) is 11.4 Å². The van der Waals surface area contributed by atoms with Crippen LogP contribution in [0.15, 0.2) is 18.2 Å². The summed E-state index contributed by atoms with van der Waals surface area (Å²) in [7, 11) is 1.45. The summed E-state index contributed by atoms with van der Waals surface area (Å²) in [5, 5.41) is 2.59. The van der Waals surface area contributed by atoms with Crippen LogP contribution in [0.3, 0.4) is 0 Å². The molecule has 1 rings (SSSR count). The number of carbonyl (C=O) groups excluding carboxylic acids is 2. The molecule has 0 aromatic heterocycles. The molecule has 0 saturated carbocycles. The van der Waals surface area contributed by atoms with Crippen molar-refractivity contribution in [2.24, 2.45) is 11.7 Å². The van der Waals surface area contributed by atoms with Gasteiger partial charge in [0.2, 0.25) is 5.91 Å². The Morgan fingerprint density at radius 3 is 2.42 bits per heavy atom. The fourth-order valence-corrected chi connectivity index (χ4v) is 1.69. The third-order valence-corrected chi connectivity index (χ3v) is 2.73. The van der Waals surface area contributed by atoms with Crippen LogP contribution in [0.25, 0.3) is 0 Å². The van der Waals surface area contributed by atoms with Gasteiger partial charge in [-0.05, 0) is 24.1 Å². The number of anilines is 1. The molecule has 104 valence electrons. The Balaban J connectivity index is 3.00. The summed E-state index contributed by atoms with van der Waals surface area (Å²) in [6, 6.07) is 3.98. The second-order valence-electron chi connectivity index (χ2n) is 4.56. The highest BCUT2D eigenvalue weighted by atomic mass is 16.5. The van der Waals surface area contributed by atoms with Crippen LogP contribution in [0.4, 0.5) is 5.69 Å². The maximum Gasteiger partial charge on any atom is 0.255 e. The number of carbonyl (C=O) groups is 2. The zero-order valence-electron chi connectivity index (χ0n) is 11.3. The van der Waals surface area contributed by atoms with E-state index in [2.05, 4.69) is 5.32 Å². The topological polar surface area (TPSA) is 107 Å². The summed E-state index contributed by atoms with van der Waals surface area (Å²) >= 11 is 0. The molecule has 0 radical (unpaired) electrons. The molecule has 0 spiro atoms. The van der Waals surface area contributed by atoms with Gasteiger partial charge in [-0.25, -0.2) is 0 Å². The Bertz CT molecular complexity index is 486. The fraction of sp³-hybridized carbons (Fsp3) is 0.385. The molecule has 6 heteroatoms. The molecule has 2 amide bonds. The molecule has 1 aromatic carbocycles. The van der Waals surface area contributed by atoms with Gasteiger partial charge in [0.15, 0.2) is 0 Å². The summed E-state index contributed by atoms with van der Waals surface area (Å²) in [5.74, 6) is -0.736. The van der Waals surface area contributed by atoms with Crippen molar-refractivity contribution < 1.29 is 14.3 Å². The van der Waals surface area contributed by atoms with E-state index in [0.717, 1.165) is 0 Å². The van der Waals surface area contributed by atoms with Gasteiger partial charge in [0.05, 0.1) is 12.7 Å². The van der Waals surface area contributed by atoms with E-state index in [1.165, 1.54) is 13.2 Å². The molecule has 19 heavy (non-hydrogen) atoms. The number of nitrogen functional groups attached to an aromatic ring is 1. The van der Waals surface area contributed by atoms with Gasteiger partial charge >= 0.3 is 0 Å². The summed E-state index contributed by atoms with van der Waals surface area (Å²) in [6.07, 6.45) is 0. The van der Waals surface area contributed by atoms with Crippen LogP contribution >= 0.6 is 0 Å². The maximum absolute atomic E-state index is 12.1. The van der Waals surface area contributed by atoms with Gasteiger partial charge < -0.3 is 21.5 Å². The molecule has 0 aliphatic heterocycles. The standard InChI is InChI=1S/C13H19N3O3/c1-7(2)11(12(15)17)16-13(18)9-6-8(14)4-5-10(9)19-3/h4-7,11H,14H2,1-3H3,(H2,15,17)(H,16,18). The highest BCUT2D eigenvalue weighted by Crippen LogP contribution is 2.21. The number of primary amides is 1. The minimum Gasteiger partial charge on any atom is -0.496 e. The third-order valence-electron chi connectivity index (χ3n) is 2.73. The molecular weight excluding hydrogens is 246 g/mol. The van der Waals surface area contributed by atoms with Crippen LogP contribution in [0.1, 0.15) is 24.2 Å². The first kappa shape index (κ1) is 14.8. The number of benzene rings is 1. The molecule has 0 aliphatic rings. The van der Waals surface area contributed by atoms with E-state index in [9.17, 15) is 9.59 Å². The Kier molecular flexibility index (Phi) is 4.74. The molecule has 1 atom stereocenters. The van der Waals surface area contributed by atoms with Crippen molar-refractivity contribution in [2.45, 2.75) is 19.9 Å². The van der Waals surface area contributed by atoms with Crippen LogP contribution in [-0.2, 0) is 4.79 Å². The monoisotopic (exact) mass is 265 g/mol. The molecule has 0 aliphatic carbocycles. The first-order chi connectivity index (χ1) is 8.86. The van der Waals surface area contributed by atoms with Crippen LogP contribution in [0.5, 0.6) is 5.75 Å². The predicted molar refractivity (Wildman–Crippen MR) is 72.7 cm³/mol. The molecule has 0 fully saturated rings. The van der Waals surface area contributed by atoms with Crippen LogP contribution < -0.4 is 21.5 Å². The molecule has 1 unspecified atom stereocenters. The quantitative estimate of drug-likeness (QED) is 0.674. The van der Waals surface area contributed by atoms with Crippen molar-refractivity contribution in [3.63, 3.8) is 0 Å². The Labute approximate surface area is 112 Å². The smallest absolute Gasteiger partial charge is 0.255 e. The zero-order chi connectivity index (χ0) is 14.6. The van der Waals surface area contributed by atoms with Gasteiger partial charge in [0.25, 0.3) is 5.91 Å². The molecule has 0 bridgehead atoms. The first-order valence-electron chi connectivity index (χ1n) is 5.90. The average molecular weight is 265 g/mol. The number of rotatable bonds is 5. The van der Waals surface area contributed by atoms with E-state index >= 15 is 0 Å². The third kappa shape index (κ3) is 3.61. The van der Waals surface area contributed by atoms with Gasteiger partial charge in [-0.2, -0.15) is 0 Å². The molecular formula is C13H19N3O3. The number of nitrogens with two attached hydrogens (primary N) is 2. The zero-order valence-corrected chi connectivity index (χ0v) is 11.3. The Morgan fingerprint density at radius 1 is 1.32 bits per heavy atom. The van der Waals surface area contributed by atoms with E-state index in [1.54, 1.807) is 26.0 Å². The van der Waals surface area contributed by atoms with Gasteiger partial charge in [-0.15, -0.1) is 0 Å². The van der Waals surface area contributed by atoms with E-state index in [1.807, 2.05) is 0 Å². The minimum absolute atomic E-state index is 0.103. The number of nitrogens with one attached hydrogen (secondary N) is 1. The number of ether oxygens (including phenoxy) is 1. The van der Waals surface area contributed by atoms with Crippen molar-refractivity contribution in [2.75, 3.05) is 12.8 Å². The second kappa shape index (κ2) is 6.08. The minimum atomic E-state index is -0.737. The molecule has 5 N–H and O–H groups in total. The molecule has 0 heterocycles. The summed E-state index contributed by atoms with van der Waals surface area (Å²) in [4.78, 5) is 23.4. The van der Waals surface area contributed by atoms with Gasteiger partial charge in [0, 0.05) is 5.69 Å². The first-order valence-corrected chi connectivity index (χ1v) is 5.90. The van der Waals surface area contributed by atoms with Gasteiger partial charge in [-0.3, -0.25) is 9.59 Å². The maximum atomic E-state index is 12.1. The summed E-state index contributed by atoms with van der Waals surface area (Å²) in [5.41, 5.74) is 11.6. The average Bonchev–Trinajstić information content (AvgIpc) is 2.34. The molecule has 0 saturated heterocycles. The number of hydrogen-bond donors (Lipinski definition) is 3. The SMILES string of the molecule is COc1ccc(N)cc1C(=O)NC(C(N)=O)C(C)C. The second-order valence-corrected chi connectivity index (χ2v) is 4.56. The van der Waals surface area contributed by atoms with Crippen molar-refractivity contribution in [3.05, 3.63) is 23.8 Å². The van der Waals surface area contributed by atoms with Gasteiger partial charge in [-0.1, -0.05) is 13.8 Å². The normalized spacial score (nSPS) is 12.0. The van der Waals surface area contributed by atoms with Crippen molar-refractivity contribution in [3.8, 4) is 5.75 Å². The molecule has 1 aromatic rings.